The molecular weight excluding hydrogens is 378 g/mol. The van der Waals surface area contributed by atoms with Crippen LogP contribution in [0.3, 0.4) is 0 Å². The average molecular weight is 406 g/mol. The number of guanidine groups is 1. The molecule has 1 aliphatic heterocycles. The molecule has 1 aliphatic rings. The minimum Gasteiger partial charge on any atom is -0.357 e. The van der Waals surface area contributed by atoms with E-state index in [0.29, 0.717) is 0 Å². The maximum absolute atomic E-state index is 6.04. The lowest BCUT2D eigenvalue weighted by molar-refractivity contribution is 0.794. The van der Waals surface area contributed by atoms with Gasteiger partial charge < -0.3 is 15.5 Å². The summed E-state index contributed by atoms with van der Waals surface area (Å²) in [7, 11) is 0. The maximum atomic E-state index is 6.04. The molecule has 2 N–H and O–H groups in total. The summed E-state index contributed by atoms with van der Waals surface area (Å²) >= 11 is 7.79. The highest BCUT2D eigenvalue weighted by Gasteiger charge is 2.15. The Labute approximate surface area is 170 Å². The van der Waals surface area contributed by atoms with Gasteiger partial charge in [-0.05, 0) is 43.9 Å². The molecule has 27 heavy (non-hydrogen) atoms. The summed E-state index contributed by atoms with van der Waals surface area (Å²) < 4.78 is 0. The number of nitrogens with zero attached hydrogens (tertiary/aromatic N) is 3. The molecular formula is C20H28ClN5S. The molecule has 7 heteroatoms. The third kappa shape index (κ3) is 6.40. The minimum absolute atomic E-state index is 0.732. The molecule has 1 saturated heterocycles. The Morgan fingerprint density at radius 3 is 2.89 bits per heavy atom. The molecule has 5 nitrogen and oxygen atoms in total. The van der Waals surface area contributed by atoms with Crippen molar-refractivity contribution in [1.29, 1.82) is 0 Å². The summed E-state index contributed by atoms with van der Waals surface area (Å²) in [6, 6.07) is 7.99. The summed E-state index contributed by atoms with van der Waals surface area (Å²) in [5.74, 6) is 0.856. The molecule has 3 rings (SSSR count). The highest BCUT2D eigenvalue weighted by Crippen LogP contribution is 2.24. The highest BCUT2D eigenvalue weighted by atomic mass is 35.5. The lowest BCUT2D eigenvalue weighted by atomic mass is 10.1. The number of nitrogens with one attached hydrogen (secondary N) is 2. The molecule has 0 saturated carbocycles. The molecule has 0 spiro atoms. The minimum atomic E-state index is 0.732. The van der Waals surface area contributed by atoms with Gasteiger partial charge in [0, 0.05) is 49.5 Å². The Hall–Kier alpha value is -1.79. The average Bonchev–Trinajstić information content (AvgIpc) is 3.33. The first kappa shape index (κ1) is 20.0. The fraction of sp³-hybridized carbons (Fsp3) is 0.500. The monoisotopic (exact) mass is 405 g/mol. The number of thiazole rings is 1. The number of halogens is 1. The van der Waals surface area contributed by atoms with E-state index in [0.717, 1.165) is 67.4 Å². The zero-order valence-corrected chi connectivity index (χ0v) is 17.5. The molecule has 0 bridgehead atoms. The molecule has 0 radical (unpaired) electrons. The van der Waals surface area contributed by atoms with Crippen LogP contribution in [0.4, 0.5) is 5.13 Å². The Bertz CT molecular complexity index is 739. The number of hydrogen-bond donors (Lipinski definition) is 2. The van der Waals surface area contributed by atoms with Crippen LogP contribution in [0, 0.1) is 0 Å². The summed E-state index contributed by atoms with van der Waals surface area (Å²) in [6.07, 6.45) is 4.35. The first-order valence-electron chi connectivity index (χ1n) is 9.70. The number of hydrogen-bond acceptors (Lipinski definition) is 4. The topological polar surface area (TPSA) is 52.6 Å². The molecule has 2 aromatic rings. The Morgan fingerprint density at radius 1 is 1.26 bits per heavy atom. The van der Waals surface area contributed by atoms with Crippen molar-refractivity contribution in [3.63, 3.8) is 0 Å². The predicted molar refractivity (Wildman–Crippen MR) is 116 cm³/mol. The van der Waals surface area contributed by atoms with Crippen molar-refractivity contribution < 1.29 is 0 Å². The normalized spacial score (nSPS) is 14.6. The van der Waals surface area contributed by atoms with E-state index in [2.05, 4.69) is 38.9 Å². The fourth-order valence-electron chi connectivity index (χ4n) is 3.11. The van der Waals surface area contributed by atoms with Crippen LogP contribution in [-0.2, 0) is 12.8 Å². The first-order chi connectivity index (χ1) is 13.2. The summed E-state index contributed by atoms with van der Waals surface area (Å²) in [5, 5.41) is 10.8. The van der Waals surface area contributed by atoms with Gasteiger partial charge in [-0.25, -0.2) is 4.98 Å². The van der Waals surface area contributed by atoms with Gasteiger partial charge in [0.05, 0.1) is 5.69 Å². The van der Waals surface area contributed by atoms with Gasteiger partial charge in [-0.1, -0.05) is 23.7 Å². The van der Waals surface area contributed by atoms with Gasteiger partial charge in [-0.2, -0.15) is 0 Å². The van der Waals surface area contributed by atoms with Crippen molar-refractivity contribution in [3.8, 4) is 0 Å². The lowest BCUT2D eigenvalue weighted by Gasteiger charge is -2.12. The van der Waals surface area contributed by atoms with E-state index in [9.17, 15) is 0 Å². The van der Waals surface area contributed by atoms with Crippen molar-refractivity contribution in [3.05, 3.63) is 45.9 Å². The van der Waals surface area contributed by atoms with E-state index in [1.807, 2.05) is 18.2 Å². The highest BCUT2D eigenvalue weighted by molar-refractivity contribution is 7.13. The Morgan fingerprint density at radius 2 is 2.11 bits per heavy atom. The third-order valence-corrected chi connectivity index (χ3v) is 5.68. The second-order valence-corrected chi connectivity index (χ2v) is 7.91. The van der Waals surface area contributed by atoms with Gasteiger partial charge in [0.15, 0.2) is 11.1 Å². The largest absolute Gasteiger partial charge is 0.357 e. The van der Waals surface area contributed by atoms with Gasteiger partial charge >= 0.3 is 0 Å². The fourth-order valence-corrected chi connectivity index (χ4v) is 4.23. The SMILES string of the molecule is CCNC(=NCCc1csc(N2CCCC2)n1)NCCc1cccc(Cl)c1. The van der Waals surface area contributed by atoms with Gasteiger partial charge in [-0.15, -0.1) is 11.3 Å². The van der Waals surface area contributed by atoms with Crippen molar-refractivity contribution in [2.24, 2.45) is 4.99 Å². The molecule has 0 aliphatic carbocycles. The van der Waals surface area contributed by atoms with E-state index in [1.54, 1.807) is 11.3 Å². The molecule has 1 fully saturated rings. The standard InChI is InChI=1S/C20H28ClN5S/c1-2-22-19(23-10-8-16-6-5-7-17(21)14-16)24-11-9-18-15-27-20(25-18)26-12-3-4-13-26/h5-7,14-15H,2-4,8-13H2,1H3,(H2,22,23,24). The molecule has 2 heterocycles. The maximum Gasteiger partial charge on any atom is 0.191 e. The van der Waals surface area contributed by atoms with Gasteiger partial charge in [0.2, 0.25) is 0 Å². The predicted octanol–water partition coefficient (Wildman–Crippen LogP) is 3.74. The summed E-state index contributed by atoms with van der Waals surface area (Å²) in [4.78, 5) is 11.8. The number of aliphatic imine (C=N–C) groups is 1. The van der Waals surface area contributed by atoms with Gasteiger partial charge in [0.1, 0.15) is 0 Å². The summed E-state index contributed by atoms with van der Waals surface area (Å²) in [6.45, 7) is 6.77. The van der Waals surface area contributed by atoms with E-state index < -0.39 is 0 Å². The zero-order valence-electron chi connectivity index (χ0n) is 15.9. The van der Waals surface area contributed by atoms with Crippen LogP contribution in [-0.4, -0.2) is 43.7 Å². The van der Waals surface area contributed by atoms with Gasteiger partial charge in [-0.3, -0.25) is 4.99 Å². The molecule has 0 amide bonds. The quantitative estimate of drug-likeness (QED) is 0.519. The van der Waals surface area contributed by atoms with Crippen molar-refractivity contribution in [2.45, 2.75) is 32.6 Å². The number of anilines is 1. The van der Waals surface area contributed by atoms with Crippen LogP contribution in [0.5, 0.6) is 0 Å². The van der Waals surface area contributed by atoms with Gasteiger partial charge in [0.25, 0.3) is 0 Å². The number of aromatic nitrogens is 1. The van der Waals surface area contributed by atoms with Crippen LogP contribution in [0.2, 0.25) is 5.02 Å². The molecule has 0 unspecified atom stereocenters. The number of benzene rings is 1. The van der Waals surface area contributed by atoms with Crippen LogP contribution in [0.15, 0.2) is 34.6 Å². The van der Waals surface area contributed by atoms with E-state index in [-0.39, 0.29) is 0 Å². The van der Waals surface area contributed by atoms with E-state index in [1.165, 1.54) is 18.4 Å². The van der Waals surface area contributed by atoms with Crippen LogP contribution >= 0.6 is 22.9 Å². The van der Waals surface area contributed by atoms with Crippen molar-refractivity contribution in [1.82, 2.24) is 15.6 Å². The first-order valence-corrected chi connectivity index (χ1v) is 11.0. The molecule has 0 atom stereocenters. The second kappa shape index (κ2) is 10.5. The Kier molecular flexibility index (Phi) is 7.78. The molecule has 1 aromatic carbocycles. The van der Waals surface area contributed by atoms with Crippen LogP contribution in [0.25, 0.3) is 0 Å². The molecule has 1 aromatic heterocycles. The smallest absolute Gasteiger partial charge is 0.191 e. The lowest BCUT2D eigenvalue weighted by Crippen LogP contribution is -2.38. The third-order valence-electron chi connectivity index (χ3n) is 4.49. The second-order valence-electron chi connectivity index (χ2n) is 6.63. The zero-order chi connectivity index (χ0) is 18.9. The van der Waals surface area contributed by atoms with E-state index >= 15 is 0 Å². The van der Waals surface area contributed by atoms with Crippen LogP contribution < -0.4 is 15.5 Å². The van der Waals surface area contributed by atoms with Crippen molar-refractivity contribution >= 4 is 34.0 Å². The van der Waals surface area contributed by atoms with Crippen LogP contribution in [0.1, 0.15) is 31.0 Å². The van der Waals surface area contributed by atoms with Crippen molar-refractivity contribution in [2.75, 3.05) is 37.6 Å². The Balaban J connectivity index is 1.45. The summed E-state index contributed by atoms with van der Waals surface area (Å²) in [5.41, 5.74) is 2.36. The molecule has 146 valence electrons. The van der Waals surface area contributed by atoms with E-state index in [4.69, 9.17) is 16.6 Å². The number of rotatable bonds is 8.